The molecule has 0 bridgehead atoms. The SMILES string of the molecule is CNC(=O)Cc1ccc(NC(=O)CCC(=O)OC)cc1. The van der Waals surface area contributed by atoms with E-state index in [4.69, 9.17) is 0 Å². The molecule has 0 aliphatic heterocycles. The van der Waals surface area contributed by atoms with Crippen LogP contribution in [0.2, 0.25) is 0 Å². The minimum atomic E-state index is -0.416. The van der Waals surface area contributed by atoms with Gasteiger partial charge in [0.05, 0.1) is 20.0 Å². The predicted molar refractivity (Wildman–Crippen MR) is 74.1 cm³/mol. The van der Waals surface area contributed by atoms with Crippen LogP contribution in [0.5, 0.6) is 0 Å². The quantitative estimate of drug-likeness (QED) is 0.756. The summed E-state index contributed by atoms with van der Waals surface area (Å²) < 4.78 is 4.46. The Morgan fingerprint density at radius 2 is 1.70 bits per heavy atom. The van der Waals surface area contributed by atoms with Gasteiger partial charge in [0.15, 0.2) is 0 Å². The van der Waals surface area contributed by atoms with Gasteiger partial charge in [0.25, 0.3) is 0 Å². The molecule has 6 heteroatoms. The summed E-state index contributed by atoms with van der Waals surface area (Å²) in [6.07, 6.45) is 0.427. The zero-order valence-corrected chi connectivity index (χ0v) is 11.6. The Bertz CT molecular complexity index is 482. The standard InChI is InChI=1S/C14H18N2O4/c1-15-13(18)9-10-3-5-11(6-4-10)16-12(17)7-8-14(19)20-2/h3-6H,7-9H2,1-2H3,(H,15,18)(H,16,17). The number of nitrogens with one attached hydrogen (secondary N) is 2. The van der Waals surface area contributed by atoms with E-state index in [1.165, 1.54) is 7.11 Å². The second-order valence-electron chi connectivity index (χ2n) is 4.17. The summed E-state index contributed by atoms with van der Waals surface area (Å²) in [7, 11) is 2.86. The molecule has 0 saturated heterocycles. The van der Waals surface area contributed by atoms with Gasteiger partial charge >= 0.3 is 5.97 Å². The third-order valence-corrected chi connectivity index (χ3v) is 2.67. The zero-order chi connectivity index (χ0) is 15.0. The zero-order valence-electron chi connectivity index (χ0n) is 11.6. The van der Waals surface area contributed by atoms with E-state index in [9.17, 15) is 14.4 Å². The summed E-state index contributed by atoms with van der Waals surface area (Å²) >= 11 is 0. The van der Waals surface area contributed by atoms with Gasteiger partial charge in [0.2, 0.25) is 11.8 Å². The van der Waals surface area contributed by atoms with Crippen molar-refractivity contribution in [3.05, 3.63) is 29.8 Å². The number of benzene rings is 1. The summed E-state index contributed by atoms with van der Waals surface area (Å²) in [5.74, 6) is -0.740. The molecule has 1 aromatic carbocycles. The highest BCUT2D eigenvalue weighted by atomic mass is 16.5. The van der Waals surface area contributed by atoms with Crippen molar-refractivity contribution in [3.63, 3.8) is 0 Å². The monoisotopic (exact) mass is 278 g/mol. The van der Waals surface area contributed by atoms with E-state index in [1.54, 1.807) is 31.3 Å². The fraction of sp³-hybridized carbons (Fsp3) is 0.357. The van der Waals surface area contributed by atoms with Crippen LogP contribution in [-0.2, 0) is 25.5 Å². The van der Waals surface area contributed by atoms with Crippen molar-refractivity contribution in [1.29, 1.82) is 0 Å². The van der Waals surface area contributed by atoms with Crippen molar-refractivity contribution < 1.29 is 19.1 Å². The highest BCUT2D eigenvalue weighted by molar-refractivity contribution is 5.92. The van der Waals surface area contributed by atoms with E-state index in [1.807, 2.05) is 0 Å². The van der Waals surface area contributed by atoms with Crippen LogP contribution in [0.25, 0.3) is 0 Å². The summed E-state index contributed by atoms with van der Waals surface area (Å²) in [4.78, 5) is 33.7. The molecule has 1 aromatic rings. The first kappa shape index (κ1) is 15.7. The second kappa shape index (κ2) is 7.93. The molecule has 0 aromatic heterocycles. The Labute approximate surface area is 117 Å². The predicted octanol–water partition coefficient (Wildman–Crippen LogP) is 0.867. The Morgan fingerprint density at radius 1 is 1.05 bits per heavy atom. The molecule has 6 nitrogen and oxygen atoms in total. The van der Waals surface area contributed by atoms with Crippen molar-refractivity contribution >= 4 is 23.5 Å². The Kier molecular flexibility index (Phi) is 6.22. The molecule has 2 N–H and O–H groups in total. The third kappa shape index (κ3) is 5.51. The molecule has 1 rings (SSSR count). The molecule has 0 heterocycles. The number of anilines is 1. The maximum Gasteiger partial charge on any atom is 0.306 e. The van der Waals surface area contributed by atoms with Crippen LogP contribution in [0.3, 0.4) is 0 Å². The molecule has 0 spiro atoms. The number of ether oxygens (including phenoxy) is 1. The van der Waals surface area contributed by atoms with E-state index in [0.29, 0.717) is 12.1 Å². The van der Waals surface area contributed by atoms with E-state index in [-0.39, 0.29) is 24.7 Å². The highest BCUT2D eigenvalue weighted by Gasteiger charge is 2.07. The molecule has 2 amide bonds. The van der Waals surface area contributed by atoms with Crippen LogP contribution < -0.4 is 10.6 Å². The van der Waals surface area contributed by atoms with Crippen molar-refractivity contribution in [2.45, 2.75) is 19.3 Å². The van der Waals surface area contributed by atoms with Gasteiger partial charge in [-0.1, -0.05) is 12.1 Å². The average Bonchev–Trinajstić information content (AvgIpc) is 2.46. The van der Waals surface area contributed by atoms with Crippen LogP contribution in [0, 0.1) is 0 Å². The lowest BCUT2D eigenvalue weighted by atomic mass is 10.1. The molecule has 0 fully saturated rings. The molecule has 0 aliphatic carbocycles. The average molecular weight is 278 g/mol. The minimum Gasteiger partial charge on any atom is -0.469 e. The number of likely N-dealkylation sites (N-methyl/N-ethyl adjacent to an activating group) is 1. The van der Waals surface area contributed by atoms with E-state index >= 15 is 0 Å². The van der Waals surface area contributed by atoms with Crippen LogP contribution in [0.15, 0.2) is 24.3 Å². The van der Waals surface area contributed by atoms with Crippen LogP contribution in [0.4, 0.5) is 5.69 Å². The first-order valence-corrected chi connectivity index (χ1v) is 6.21. The number of methoxy groups -OCH3 is 1. The second-order valence-corrected chi connectivity index (χ2v) is 4.17. The first-order valence-electron chi connectivity index (χ1n) is 6.21. The molecular weight excluding hydrogens is 260 g/mol. The van der Waals surface area contributed by atoms with Gasteiger partial charge in [-0.05, 0) is 17.7 Å². The molecule has 20 heavy (non-hydrogen) atoms. The molecule has 0 aliphatic rings. The number of rotatable bonds is 6. The Balaban J connectivity index is 2.46. The lowest BCUT2D eigenvalue weighted by molar-refractivity contribution is -0.141. The molecule has 0 radical (unpaired) electrons. The number of carbonyl (C=O) groups is 3. The minimum absolute atomic E-state index is 0.0527. The van der Waals surface area contributed by atoms with E-state index < -0.39 is 5.97 Å². The van der Waals surface area contributed by atoms with Crippen LogP contribution in [0.1, 0.15) is 18.4 Å². The Hall–Kier alpha value is -2.37. The lowest BCUT2D eigenvalue weighted by Crippen LogP contribution is -2.19. The van der Waals surface area contributed by atoms with Crippen LogP contribution in [-0.4, -0.2) is 31.9 Å². The fourth-order valence-corrected chi connectivity index (χ4v) is 1.52. The van der Waals surface area contributed by atoms with E-state index in [2.05, 4.69) is 15.4 Å². The van der Waals surface area contributed by atoms with Gasteiger partial charge in [0.1, 0.15) is 0 Å². The van der Waals surface area contributed by atoms with Gasteiger partial charge in [-0.25, -0.2) is 0 Å². The third-order valence-electron chi connectivity index (χ3n) is 2.67. The number of amides is 2. The van der Waals surface area contributed by atoms with Crippen molar-refractivity contribution in [2.24, 2.45) is 0 Å². The van der Waals surface area contributed by atoms with Gasteiger partial charge in [-0.3, -0.25) is 14.4 Å². The number of carbonyl (C=O) groups excluding carboxylic acids is 3. The molecule has 0 atom stereocenters. The van der Waals surface area contributed by atoms with Crippen molar-refractivity contribution in [3.8, 4) is 0 Å². The first-order chi connectivity index (χ1) is 9.55. The van der Waals surface area contributed by atoms with Crippen molar-refractivity contribution in [2.75, 3.05) is 19.5 Å². The van der Waals surface area contributed by atoms with Gasteiger partial charge in [-0.2, -0.15) is 0 Å². The summed E-state index contributed by atoms with van der Waals surface area (Å²) in [6.45, 7) is 0. The molecule has 108 valence electrons. The number of esters is 1. The largest absolute Gasteiger partial charge is 0.469 e. The van der Waals surface area contributed by atoms with Gasteiger partial charge in [-0.15, -0.1) is 0 Å². The van der Waals surface area contributed by atoms with Crippen LogP contribution >= 0.6 is 0 Å². The van der Waals surface area contributed by atoms with E-state index in [0.717, 1.165) is 5.56 Å². The summed E-state index contributed by atoms with van der Waals surface area (Å²) in [5.41, 5.74) is 1.48. The number of hydrogen-bond acceptors (Lipinski definition) is 4. The maximum absolute atomic E-state index is 11.6. The highest BCUT2D eigenvalue weighted by Crippen LogP contribution is 2.11. The normalized spacial score (nSPS) is 9.70. The molecular formula is C14H18N2O4. The fourth-order valence-electron chi connectivity index (χ4n) is 1.52. The van der Waals surface area contributed by atoms with Gasteiger partial charge < -0.3 is 15.4 Å². The smallest absolute Gasteiger partial charge is 0.306 e. The summed E-state index contributed by atoms with van der Waals surface area (Å²) in [5, 5.41) is 5.21. The summed E-state index contributed by atoms with van der Waals surface area (Å²) in [6, 6.07) is 6.97. The topological polar surface area (TPSA) is 84.5 Å². The Morgan fingerprint density at radius 3 is 2.25 bits per heavy atom. The molecule has 0 unspecified atom stereocenters. The lowest BCUT2D eigenvalue weighted by Gasteiger charge is -2.06. The maximum atomic E-state index is 11.6. The molecule has 0 saturated carbocycles. The van der Waals surface area contributed by atoms with Crippen molar-refractivity contribution in [1.82, 2.24) is 5.32 Å². The number of hydrogen-bond donors (Lipinski definition) is 2. The van der Waals surface area contributed by atoms with Gasteiger partial charge in [0, 0.05) is 19.2 Å².